The molecule has 2 aromatic heterocycles. The van der Waals surface area contributed by atoms with Crippen molar-refractivity contribution in [1.82, 2.24) is 9.13 Å². The van der Waals surface area contributed by atoms with E-state index < -0.39 is 0 Å². The van der Waals surface area contributed by atoms with Crippen molar-refractivity contribution >= 4 is 101 Å². The largest absolute Gasteiger partial charge is 0.310 e. The van der Waals surface area contributed by atoms with Gasteiger partial charge in [0.2, 0.25) is 0 Å². The van der Waals surface area contributed by atoms with Crippen LogP contribution in [0.4, 0.5) is 34.1 Å². The van der Waals surface area contributed by atoms with Gasteiger partial charge in [-0.1, -0.05) is 365 Å². The number of para-hydroxylation sites is 4. The maximum absolute atomic E-state index is 2.78. The first-order chi connectivity index (χ1) is 58.8. The molecule has 17 aromatic carbocycles. The van der Waals surface area contributed by atoms with Crippen molar-refractivity contribution < 1.29 is 0 Å². The molecule has 19 aromatic rings. The number of nitrogens with zero attached hydrogens (tertiary/aromatic N) is 4. The fraction of sp³-hybridized carbons (Fsp3) is 0.113. The van der Waals surface area contributed by atoms with Gasteiger partial charge in [0.25, 0.3) is 6.71 Å². The van der Waals surface area contributed by atoms with E-state index in [1.165, 1.54) is 133 Å². The van der Waals surface area contributed by atoms with Gasteiger partial charge < -0.3 is 18.9 Å². The van der Waals surface area contributed by atoms with Crippen LogP contribution in [0.25, 0.3) is 144 Å². The summed E-state index contributed by atoms with van der Waals surface area (Å²) in [6.07, 6.45) is 4.09. The quantitative estimate of drug-likeness (QED) is 0.0708. The fourth-order valence-electron chi connectivity index (χ4n) is 19.3. The Morgan fingerprint density at radius 2 is 0.517 bits per heavy atom. The second-order valence-corrected chi connectivity index (χ2v) is 34.9. The highest BCUT2D eigenvalue weighted by Crippen LogP contribution is 2.56. The molecule has 21 rings (SSSR count). The first-order valence-electron chi connectivity index (χ1n) is 42.8. The van der Waals surface area contributed by atoms with Crippen LogP contribution in [-0.2, 0) is 17.3 Å². The highest BCUT2D eigenvalue weighted by Gasteiger charge is 2.46. The van der Waals surface area contributed by atoms with Gasteiger partial charge >= 0.3 is 0 Å². The Kier molecular flexibility index (Phi) is 18.3. The molecule has 0 bridgehead atoms. The standard InChI is InChI=1S/C115H93BN4/c1-8-9-14-31-76-68-109-111-110(69-76)120(113-99(87-60-52-83(53-61-87)79-36-19-12-20-37-79)72-90(115(5,6)7)73-100(113)88-62-54-84(55-63-88)80-38-21-13-22-39-80)108-75-92(118-105-46-29-25-42-95(105)96-43-26-30-47-106(96)118)65-67-102(108)116(111)101-66-64-91(117-103-44-27-23-40-93(103)94-41-24-28-45-104(94)117)74-107(101)119(109)112-97(85-56-48-81(49-57-85)77-32-15-10-16-33-77)70-89(114(2,3)4)71-98(112)86-58-50-82(51-59-86)78-34-17-11-18-35-78/h10-13,15-30,32-75H,8-9,14,31H2,1-7H3. The highest BCUT2D eigenvalue weighted by atomic mass is 15.2. The molecular formula is C115H93BN4. The molecule has 2 aliphatic rings. The Balaban J connectivity index is 0.926. The Bertz CT molecular complexity index is 6390. The molecule has 0 saturated carbocycles. The van der Waals surface area contributed by atoms with Crippen LogP contribution in [0.2, 0.25) is 0 Å². The summed E-state index contributed by atoms with van der Waals surface area (Å²) in [4.78, 5) is 5.56. The molecular weight excluding hydrogens is 1450 g/mol. The van der Waals surface area contributed by atoms with Crippen LogP contribution in [-0.4, -0.2) is 15.8 Å². The number of benzene rings is 17. The van der Waals surface area contributed by atoms with Gasteiger partial charge in [0.15, 0.2) is 0 Å². The number of hydrogen-bond acceptors (Lipinski definition) is 2. The summed E-state index contributed by atoms with van der Waals surface area (Å²) in [5.74, 6) is 0. The zero-order chi connectivity index (χ0) is 80.9. The van der Waals surface area contributed by atoms with Crippen molar-refractivity contribution in [1.29, 1.82) is 0 Å². The van der Waals surface area contributed by atoms with Gasteiger partial charge in [-0.3, -0.25) is 0 Å². The monoisotopic (exact) mass is 1540 g/mol. The summed E-state index contributed by atoms with van der Waals surface area (Å²) in [6.45, 7) is 16.4. The first-order valence-corrected chi connectivity index (χ1v) is 42.8. The maximum Gasteiger partial charge on any atom is 0.252 e. The lowest BCUT2D eigenvalue weighted by atomic mass is 9.33. The Labute approximate surface area is 705 Å². The van der Waals surface area contributed by atoms with E-state index in [9.17, 15) is 0 Å². The third kappa shape index (κ3) is 12.9. The minimum atomic E-state index is -0.274. The predicted octanol–water partition coefficient (Wildman–Crippen LogP) is 29.6. The summed E-state index contributed by atoms with van der Waals surface area (Å²) in [5.41, 5.74) is 39.4. The van der Waals surface area contributed by atoms with Crippen molar-refractivity contribution in [3.05, 3.63) is 405 Å². The lowest BCUT2D eigenvalue weighted by Crippen LogP contribution is -2.61. The van der Waals surface area contributed by atoms with Gasteiger partial charge in [-0.25, -0.2) is 0 Å². The molecule has 4 nitrogen and oxygen atoms in total. The summed E-state index contributed by atoms with van der Waals surface area (Å²) in [5, 5.41) is 4.90. The lowest BCUT2D eigenvalue weighted by Gasteiger charge is -2.46. The van der Waals surface area contributed by atoms with Crippen molar-refractivity contribution in [2.24, 2.45) is 0 Å². The number of aryl methyl sites for hydroxylation is 1. The van der Waals surface area contributed by atoms with Crippen LogP contribution in [0.3, 0.4) is 0 Å². The molecule has 2 aliphatic heterocycles. The molecule has 5 heteroatoms. The molecule has 0 atom stereocenters. The minimum Gasteiger partial charge on any atom is -0.310 e. The summed E-state index contributed by atoms with van der Waals surface area (Å²) < 4.78 is 5.05. The Hall–Kier alpha value is -14.0. The number of anilines is 6. The van der Waals surface area contributed by atoms with Crippen LogP contribution >= 0.6 is 0 Å². The molecule has 576 valence electrons. The third-order valence-corrected chi connectivity index (χ3v) is 25.5. The molecule has 120 heavy (non-hydrogen) atoms. The summed E-state index contributed by atoms with van der Waals surface area (Å²) >= 11 is 0. The average molecular weight is 1540 g/mol. The van der Waals surface area contributed by atoms with Crippen LogP contribution < -0.4 is 26.2 Å². The average Bonchev–Trinajstić information content (AvgIpc) is 0.826. The van der Waals surface area contributed by atoms with E-state index >= 15 is 0 Å². The third-order valence-electron chi connectivity index (χ3n) is 25.5. The summed E-state index contributed by atoms with van der Waals surface area (Å²) in [6, 6.07) is 148. The first kappa shape index (κ1) is 73.6. The van der Waals surface area contributed by atoms with Crippen LogP contribution in [0.15, 0.2) is 388 Å². The zero-order valence-corrected chi connectivity index (χ0v) is 69.1. The minimum absolute atomic E-state index is 0.257. The summed E-state index contributed by atoms with van der Waals surface area (Å²) in [7, 11) is 0. The lowest BCUT2D eigenvalue weighted by molar-refractivity contribution is 0.590. The van der Waals surface area contributed by atoms with E-state index in [2.05, 4.69) is 456 Å². The second kappa shape index (κ2) is 29.9. The maximum atomic E-state index is 2.78. The van der Waals surface area contributed by atoms with Crippen LogP contribution in [0, 0.1) is 0 Å². The van der Waals surface area contributed by atoms with Gasteiger partial charge in [0.05, 0.1) is 33.4 Å². The molecule has 4 heterocycles. The normalized spacial score (nSPS) is 12.5. The van der Waals surface area contributed by atoms with E-state index in [0.29, 0.717) is 0 Å². The Morgan fingerprint density at radius 1 is 0.250 bits per heavy atom. The van der Waals surface area contributed by atoms with Gasteiger partial charge in [-0.05, 0) is 208 Å². The van der Waals surface area contributed by atoms with Crippen molar-refractivity contribution in [2.45, 2.75) is 85.0 Å². The number of hydrogen-bond donors (Lipinski definition) is 0. The highest BCUT2D eigenvalue weighted by molar-refractivity contribution is 7.00. The van der Waals surface area contributed by atoms with Gasteiger partial charge in [-0.2, -0.15) is 0 Å². The molecule has 0 amide bonds. The van der Waals surface area contributed by atoms with Crippen molar-refractivity contribution in [3.8, 4) is 100 Å². The molecule has 0 spiro atoms. The zero-order valence-electron chi connectivity index (χ0n) is 69.1. The number of unbranched alkanes of at least 4 members (excludes halogenated alkanes) is 2. The molecule has 0 saturated heterocycles. The van der Waals surface area contributed by atoms with Crippen molar-refractivity contribution in [2.75, 3.05) is 9.80 Å². The van der Waals surface area contributed by atoms with E-state index in [4.69, 9.17) is 0 Å². The Morgan fingerprint density at radius 3 is 0.800 bits per heavy atom. The second-order valence-electron chi connectivity index (χ2n) is 34.9. The SMILES string of the molecule is CCCCCc1cc2c3c(c1)N(c1c(-c4ccc(-c5ccccc5)cc4)cc(C(C)(C)C)cc1-c1ccc(-c4ccccc4)cc1)c1cc(-n4c5ccccc5c5ccccc54)ccc1B3c1ccc(-n3c4ccccc4c4ccccc43)cc1N2c1c(-c2ccc(-c3ccccc3)cc2)cc(C(C)(C)C)cc1-c1ccc(-c2ccccc2)cc1. The molecule has 0 N–H and O–H groups in total. The molecule has 0 aliphatic carbocycles. The molecule has 0 radical (unpaired) electrons. The number of aromatic nitrogens is 2. The smallest absolute Gasteiger partial charge is 0.252 e. The van der Waals surface area contributed by atoms with Gasteiger partial charge in [0, 0.05) is 77.9 Å². The predicted molar refractivity (Wildman–Crippen MR) is 513 cm³/mol. The van der Waals surface area contributed by atoms with E-state index in [-0.39, 0.29) is 17.5 Å². The van der Waals surface area contributed by atoms with E-state index in [1.807, 2.05) is 0 Å². The fourth-order valence-corrected chi connectivity index (χ4v) is 19.3. The number of rotatable bonds is 16. The van der Waals surface area contributed by atoms with E-state index in [0.717, 1.165) is 104 Å². The van der Waals surface area contributed by atoms with Gasteiger partial charge in [0.1, 0.15) is 0 Å². The number of fused-ring (bicyclic) bond motifs is 10. The van der Waals surface area contributed by atoms with Crippen LogP contribution in [0.5, 0.6) is 0 Å². The molecule has 0 unspecified atom stereocenters. The van der Waals surface area contributed by atoms with Crippen molar-refractivity contribution in [3.63, 3.8) is 0 Å². The van der Waals surface area contributed by atoms with Gasteiger partial charge in [-0.15, -0.1) is 0 Å². The molecule has 0 fully saturated rings. The van der Waals surface area contributed by atoms with Crippen LogP contribution in [0.1, 0.15) is 84.4 Å². The topological polar surface area (TPSA) is 16.3 Å². The van der Waals surface area contributed by atoms with E-state index in [1.54, 1.807) is 0 Å².